The van der Waals surface area contributed by atoms with Crippen LogP contribution in [0.5, 0.6) is 5.88 Å². The van der Waals surface area contributed by atoms with Crippen molar-refractivity contribution in [3.63, 3.8) is 0 Å². The zero-order valence-corrected chi connectivity index (χ0v) is 11.9. The Morgan fingerprint density at radius 1 is 1.26 bits per heavy atom. The lowest BCUT2D eigenvalue weighted by Gasteiger charge is -2.42. The Balaban J connectivity index is 2.27. The summed E-state index contributed by atoms with van der Waals surface area (Å²) < 4.78 is 11.1. The van der Waals surface area contributed by atoms with E-state index in [4.69, 9.17) is 15.2 Å². The molecule has 1 atom stereocenters. The third-order valence-corrected chi connectivity index (χ3v) is 4.27. The third kappa shape index (κ3) is 2.72. The van der Waals surface area contributed by atoms with Gasteiger partial charge in [0.1, 0.15) is 5.69 Å². The molecule has 0 bridgehead atoms. The number of nitrogens with two attached hydrogens (primary N) is 1. The second kappa shape index (κ2) is 5.84. The normalized spacial score (nSPS) is 28.9. The molecule has 0 aromatic carbocycles. The summed E-state index contributed by atoms with van der Waals surface area (Å²) in [5.41, 5.74) is 6.76. The molecule has 19 heavy (non-hydrogen) atoms. The van der Waals surface area contributed by atoms with Gasteiger partial charge in [-0.2, -0.15) is 0 Å². The first-order valence-corrected chi connectivity index (χ1v) is 6.78. The van der Waals surface area contributed by atoms with Crippen molar-refractivity contribution in [3.05, 3.63) is 18.1 Å². The lowest BCUT2D eigenvalue weighted by molar-refractivity contribution is -0.0685. The summed E-state index contributed by atoms with van der Waals surface area (Å²) in [7, 11) is 3.32. The van der Waals surface area contributed by atoms with Crippen LogP contribution >= 0.6 is 0 Å². The maximum Gasteiger partial charge on any atom is 0.237 e. The number of nitrogens with zero attached hydrogens (tertiary/aromatic N) is 2. The Kier molecular flexibility index (Phi) is 4.37. The van der Waals surface area contributed by atoms with Gasteiger partial charge in [-0.3, -0.25) is 4.98 Å². The number of rotatable bonds is 4. The molecule has 2 rings (SSSR count). The molecule has 0 amide bonds. The van der Waals surface area contributed by atoms with Gasteiger partial charge in [0, 0.05) is 19.5 Å². The molecule has 5 nitrogen and oxygen atoms in total. The van der Waals surface area contributed by atoms with Crippen LogP contribution < -0.4 is 10.5 Å². The molecule has 5 heteroatoms. The van der Waals surface area contributed by atoms with E-state index >= 15 is 0 Å². The summed E-state index contributed by atoms with van der Waals surface area (Å²) in [6.45, 7) is 2.27. The van der Waals surface area contributed by atoms with Gasteiger partial charge in [0.2, 0.25) is 5.88 Å². The molecular formula is C14H23N3O2. The highest BCUT2D eigenvalue weighted by Crippen LogP contribution is 2.42. The summed E-state index contributed by atoms with van der Waals surface area (Å²) in [4.78, 5) is 8.52. The first-order chi connectivity index (χ1) is 9.13. The Bertz CT molecular complexity index is 417. The standard InChI is InChI=1S/C14H23N3O2/c1-10-4-6-14(19-3,7-5-10)12(15)11-13(18-2)17-9-8-16-11/h8-10,12H,4-7,15H2,1-3H3. The molecule has 1 unspecified atom stereocenters. The fourth-order valence-electron chi connectivity index (χ4n) is 2.85. The molecule has 1 aromatic rings. The molecule has 0 aliphatic heterocycles. The van der Waals surface area contributed by atoms with Crippen molar-refractivity contribution in [2.24, 2.45) is 11.7 Å². The van der Waals surface area contributed by atoms with Crippen LogP contribution in [0, 0.1) is 5.92 Å². The van der Waals surface area contributed by atoms with Crippen molar-refractivity contribution in [2.45, 2.75) is 44.2 Å². The molecule has 1 aromatic heterocycles. The molecular weight excluding hydrogens is 242 g/mol. The predicted molar refractivity (Wildman–Crippen MR) is 72.9 cm³/mol. The molecule has 1 aliphatic carbocycles. The van der Waals surface area contributed by atoms with Crippen molar-refractivity contribution < 1.29 is 9.47 Å². The SMILES string of the molecule is COc1nccnc1C(N)C1(OC)CCC(C)CC1. The average molecular weight is 265 g/mol. The highest BCUT2D eigenvalue weighted by molar-refractivity contribution is 5.24. The summed E-state index contributed by atoms with van der Waals surface area (Å²) in [5.74, 6) is 1.23. The molecule has 0 radical (unpaired) electrons. The minimum absolute atomic E-state index is 0.311. The molecule has 2 N–H and O–H groups in total. The van der Waals surface area contributed by atoms with E-state index in [2.05, 4.69) is 16.9 Å². The van der Waals surface area contributed by atoms with Crippen LogP contribution in [0.3, 0.4) is 0 Å². The average Bonchev–Trinajstić information content (AvgIpc) is 2.47. The van der Waals surface area contributed by atoms with E-state index in [9.17, 15) is 0 Å². The minimum Gasteiger partial charge on any atom is -0.480 e. The van der Waals surface area contributed by atoms with Gasteiger partial charge in [-0.15, -0.1) is 0 Å². The highest BCUT2D eigenvalue weighted by atomic mass is 16.5. The molecule has 1 heterocycles. The Hall–Kier alpha value is -1.20. The fraction of sp³-hybridized carbons (Fsp3) is 0.714. The van der Waals surface area contributed by atoms with Gasteiger partial charge in [-0.05, 0) is 31.6 Å². The van der Waals surface area contributed by atoms with Crippen LogP contribution in [0.4, 0.5) is 0 Å². The van der Waals surface area contributed by atoms with E-state index in [1.807, 2.05) is 0 Å². The van der Waals surface area contributed by atoms with Crippen LogP contribution in [0.2, 0.25) is 0 Å². The molecule has 0 saturated heterocycles. The smallest absolute Gasteiger partial charge is 0.237 e. The third-order valence-electron chi connectivity index (χ3n) is 4.27. The van der Waals surface area contributed by atoms with Crippen LogP contribution in [-0.2, 0) is 4.74 Å². The van der Waals surface area contributed by atoms with Gasteiger partial charge >= 0.3 is 0 Å². The van der Waals surface area contributed by atoms with Gasteiger partial charge in [0.15, 0.2) is 0 Å². The van der Waals surface area contributed by atoms with Crippen LogP contribution in [-0.4, -0.2) is 29.8 Å². The van der Waals surface area contributed by atoms with Gasteiger partial charge in [0.05, 0.1) is 18.8 Å². The fourth-order valence-corrected chi connectivity index (χ4v) is 2.85. The van der Waals surface area contributed by atoms with Crippen molar-refractivity contribution in [2.75, 3.05) is 14.2 Å². The number of ether oxygens (including phenoxy) is 2. The van der Waals surface area contributed by atoms with Gasteiger partial charge in [-0.1, -0.05) is 6.92 Å². The second-order valence-corrected chi connectivity index (χ2v) is 5.38. The summed E-state index contributed by atoms with van der Waals surface area (Å²) in [6, 6.07) is -0.311. The van der Waals surface area contributed by atoms with Crippen LogP contribution in [0.15, 0.2) is 12.4 Å². The van der Waals surface area contributed by atoms with E-state index < -0.39 is 0 Å². The van der Waals surface area contributed by atoms with E-state index in [1.165, 1.54) is 0 Å². The quantitative estimate of drug-likeness (QED) is 0.902. The van der Waals surface area contributed by atoms with E-state index in [1.54, 1.807) is 26.6 Å². The summed E-state index contributed by atoms with van der Waals surface area (Å²) in [5, 5.41) is 0. The minimum atomic E-state index is -0.351. The Morgan fingerprint density at radius 2 is 1.89 bits per heavy atom. The number of hydrogen-bond acceptors (Lipinski definition) is 5. The topological polar surface area (TPSA) is 70.3 Å². The van der Waals surface area contributed by atoms with E-state index in [0.29, 0.717) is 11.6 Å². The summed E-state index contributed by atoms with van der Waals surface area (Å²) in [6.07, 6.45) is 7.41. The van der Waals surface area contributed by atoms with Crippen molar-refractivity contribution >= 4 is 0 Å². The number of aromatic nitrogens is 2. The number of methoxy groups -OCH3 is 2. The first-order valence-electron chi connectivity index (χ1n) is 6.78. The Morgan fingerprint density at radius 3 is 2.47 bits per heavy atom. The van der Waals surface area contributed by atoms with Gasteiger partial charge < -0.3 is 15.2 Å². The van der Waals surface area contributed by atoms with E-state index in [0.717, 1.165) is 31.6 Å². The maximum atomic E-state index is 6.43. The zero-order chi connectivity index (χ0) is 13.9. The molecule has 1 fully saturated rings. The highest BCUT2D eigenvalue weighted by Gasteiger charge is 2.42. The monoisotopic (exact) mass is 265 g/mol. The maximum absolute atomic E-state index is 6.43. The summed E-state index contributed by atoms with van der Waals surface area (Å²) >= 11 is 0. The first kappa shape index (κ1) is 14.2. The number of hydrogen-bond donors (Lipinski definition) is 1. The van der Waals surface area contributed by atoms with Crippen molar-refractivity contribution in [3.8, 4) is 5.88 Å². The lowest BCUT2D eigenvalue weighted by atomic mass is 9.74. The predicted octanol–water partition coefficient (Wildman–Crippen LogP) is 2.08. The van der Waals surface area contributed by atoms with Crippen LogP contribution in [0.1, 0.15) is 44.3 Å². The molecule has 1 saturated carbocycles. The van der Waals surface area contributed by atoms with E-state index in [-0.39, 0.29) is 11.6 Å². The molecule has 0 spiro atoms. The van der Waals surface area contributed by atoms with Crippen LogP contribution in [0.25, 0.3) is 0 Å². The lowest BCUT2D eigenvalue weighted by Crippen LogP contribution is -2.46. The largest absolute Gasteiger partial charge is 0.480 e. The van der Waals surface area contributed by atoms with Crippen molar-refractivity contribution in [1.29, 1.82) is 0 Å². The van der Waals surface area contributed by atoms with Gasteiger partial charge in [0.25, 0.3) is 0 Å². The Labute approximate surface area is 114 Å². The second-order valence-electron chi connectivity index (χ2n) is 5.38. The zero-order valence-electron chi connectivity index (χ0n) is 11.9. The van der Waals surface area contributed by atoms with Gasteiger partial charge in [-0.25, -0.2) is 4.98 Å². The van der Waals surface area contributed by atoms with Crippen molar-refractivity contribution in [1.82, 2.24) is 9.97 Å². The molecule has 1 aliphatic rings. The molecule has 106 valence electrons.